The molecule has 0 spiro atoms. The number of nitrogens with one attached hydrogen (secondary N) is 4. The van der Waals surface area contributed by atoms with Crippen molar-refractivity contribution in [3.8, 4) is 28.8 Å². The molecule has 35 heavy (non-hydrogen) atoms. The highest BCUT2D eigenvalue weighted by atomic mass is 19.1. The molecule has 0 bridgehead atoms. The molecule has 0 aliphatic carbocycles. The Balaban J connectivity index is 1.61. The van der Waals surface area contributed by atoms with Crippen molar-refractivity contribution in [2.75, 3.05) is 25.5 Å². The average molecular weight is 474 g/mol. The Labute approximate surface area is 203 Å². The maximum Gasteiger partial charge on any atom is 0.255 e. The van der Waals surface area contributed by atoms with E-state index in [-0.39, 0.29) is 23.1 Å². The van der Waals surface area contributed by atoms with E-state index in [1.807, 2.05) is 6.07 Å². The van der Waals surface area contributed by atoms with Crippen LogP contribution in [0.25, 0.3) is 11.3 Å². The van der Waals surface area contributed by atoms with Gasteiger partial charge in [0.1, 0.15) is 0 Å². The number of ether oxygens (including phenoxy) is 1. The normalized spacial score (nSPS) is 18.3. The number of halogens is 1. The van der Waals surface area contributed by atoms with Gasteiger partial charge in [-0.1, -0.05) is 31.8 Å². The van der Waals surface area contributed by atoms with E-state index in [0.29, 0.717) is 35.6 Å². The number of hydrogen-bond donors (Lipinski definition) is 4. The minimum atomic E-state index is -0.490. The number of aromatic amines is 1. The lowest BCUT2D eigenvalue weighted by Crippen LogP contribution is -2.31. The number of carbonyl (C=O) groups excluding carboxylic acids is 1. The molecule has 5 rings (SSSR count). The van der Waals surface area contributed by atoms with Crippen LogP contribution in [0.1, 0.15) is 41.9 Å². The first-order valence-electron chi connectivity index (χ1n) is 11.7. The monoisotopic (exact) mass is 473 g/mol. The van der Waals surface area contributed by atoms with Crippen LogP contribution in [-0.4, -0.2) is 42.1 Å². The van der Waals surface area contributed by atoms with Gasteiger partial charge in [-0.25, -0.2) is 4.39 Å². The van der Waals surface area contributed by atoms with Crippen LogP contribution in [0, 0.1) is 23.1 Å². The summed E-state index contributed by atoms with van der Waals surface area (Å²) in [5.74, 6) is 6.04. The zero-order valence-corrected chi connectivity index (χ0v) is 20.0. The predicted octanol–water partition coefficient (Wildman–Crippen LogP) is 3.99. The molecule has 1 amide bonds. The van der Waals surface area contributed by atoms with Crippen LogP contribution in [0.5, 0.6) is 5.75 Å². The van der Waals surface area contributed by atoms with Gasteiger partial charge in [-0.15, -0.1) is 0 Å². The highest BCUT2D eigenvalue weighted by Gasteiger charge is 2.30. The number of pyridine rings is 1. The Bertz CT molecular complexity index is 1350. The number of anilines is 2. The van der Waals surface area contributed by atoms with E-state index in [9.17, 15) is 9.18 Å². The maximum absolute atomic E-state index is 14.4. The fourth-order valence-electron chi connectivity index (χ4n) is 4.73. The third-order valence-electron chi connectivity index (χ3n) is 6.45. The molecule has 7 nitrogen and oxygen atoms in total. The summed E-state index contributed by atoms with van der Waals surface area (Å²) in [6, 6.07) is 6.62. The highest BCUT2D eigenvalue weighted by Crippen LogP contribution is 2.40. The Kier molecular flexibility index (Phi) is 5.95. The summed E-state index contributed by atoms with van der Waals surface area (Å²) in [6.07, 6.45) is 5.06. The molecular formula is C27H28FN5O2. The molecule has 0 radical (unpaired) electrons. The number of rotatable bonds is 4. The van der Waals surface area contributed by atoms with E-state index >= 15 is 0 Å². The van der Waals surface area contributed by atoms with Crippen molar-refractivity contribution < 1.29 is 13.9 Å². The summed E-state index contributed by atoms with van der Waals surface area (Å²) in [5.41, 5.74) is 4.76. The van der Waals surface area contributed by atoms with E-state index in [4.69, 9.17) is 4.74 Å². The van der Waals surface area contributed by atoms with Gasteiger partial charge in [0, 0.05) is 43.2 Å². The molecule has 180 valence electrons. The molecule has 0 unspecified atom stereocenters. The summed E-state index contributed by atoms with van der Waals surface area (Å²) in [4.78, 5) is 20.6. The van der Waals surface area contributed by atoms with Crippen LogP contribution in [-0.2, 0) is 6.42 Å². The van der Waals surface area contributed by atoms with Crippen LogP contribution < -0.4 is 20.7 Å². The number of nitrogens with zero attached hydrogens (tertiary/aromatic N) is 1. The molecule has 1 saturated heterocycles. The molecule has 1 fully saturated rings. The summed E-state index contributed by atoms with van der Waals surface area (Å²) in [6.45, 7) is 5.92. The lowest BCUT2D eigenvalue weighted by atomic mass is 9.91. The number of H-pyrrole nitrogens is 1. The van der Waals surface area contributed by atoms with Gasteiger partial charge in [-0.3, -0.25) is 9.78 Å². The average Bonchev–Trinajstić information content (AvgIpc) is 3.38. The largest absolute Gasteiger partial charge is 0.492 e. The fourth-order valence-corrected chi connectivity index (χ4v) is 4.73. The summed E-state index contributed by atoms with van der Waals surface area (Å²) < 4.78 is 19.7. The van der Waals surface area contributed by atoms with Crippen LogP contribution in [0.3, 0.4) is 0 Å². The molecule has 3 aromatic rings. The zero-order chi connectivity index (χ0) is 24.6. The molecule has 2 aromatic heterocycles. The Morgan fingerprint density at radius 2 is 2.14 bits per heavy atom. The quantitative estimate of drug-likeness (QED) is 0.430. The van der Waals surface area contributed by atoms with Crippen molar-refractivity contribution in [3.05, 3.63) is 59.3 Å². The van der Waals surface area contributed by atoms with Crippen molar-refractivity contribution >= 4 is 17.3 Å². The first-order chi connectivity index (χ1) is 16.9. The summed E-state index contributed by atoms with van der Waals surface area (Å²) >= 11 is 0. The Hall–Kier alpha value is -3.83. The highest BCUT2D eigenvalue weighted by molar-refractivity contribution is 6.06. The smallest absolute Gasteiger partial charge is 0.255 e. The topological polar surface area (TPSA) is 91.1 Å². The molecule has 8 heteroatoms. The van der Waals surface area contributed by atoms with Gasteiger partial charge < -0.3 is 25.7 Å². The summed E-state index contributed by atoms with van der Waals surface area (Å²) in [7, 11) is 1.42. The molecule has 2 aliphatic heterocycles. The first kappa shape index (κ1) is 22.9. The molecule has 0 saturated carbocycles. The number of para-hydroxylation sites is 1. The van der Waals surface area contributed by atoms with Crippen molar-refractivity contribution in [2.45, 2.75) is 32.7 Å². The SMILES string of the molecule is COc1c(F)cccc1Nc1c(-c2ccncc2C#C[C@H]2CC(C)(C)CN2)[nH]c2c1C(=O)NCC2. The minimum Gasteiger partial charge on any atom is -0.492 e. The lowest BCUT2D eigenvalue weighted by molar-refractivity contribution is 0.0947. The van der Waals surface area contributed by atoms with Crippen LogP contribution >= 0.6 is 0 Å². The van der Waals surface area contributed by atoms with E-state index in [1.54, 1.807) is 24.5 Å². The van der Waals surface area contributed by atoms with Crippen molar-refractivity contribution in [1.82, 2.24) is 20.6 Å². The van der Waals surface area contributed by atoms with Gasteiger partial charge in [0.15, 0.2) is 11.6 Å². The van der Waals surface area contributed by atoms with E-state index < -0.39 is 5.82 Å². The Morgan fingerprint density at radius 1 is 1.29 bits per heavy atom. The van der Waals surface area contributed by atoms with Gasteiger partial charge >= 0.3 is 0 Å². The molecule has 2 aliphatic rings. The van der Waals surface area contributed by atoms with Crippen molar-refractivity contribution in [3.63, 3.8) is 0 Å². The Morgan fingerprint density at radius 3 is 2.91 bits per heavy atom. The summed E-state index contributed by atoms with van der Waals surface area (Å²) in [5, 5.41) is 9.64. The van der Waals surface area contributed by atoms with Gasteiger partial charge in [-0.05, 0) is 30.0 Å². The minimum absolute atomic E-state index is 0.0780. The number of aromatic nitrogens is 2. The molecular weight excluding hydrogens is 445 g/mol. The number of methoxy groups -OCH3 is 1. The number of hydrogen-bond acceptors (Lipinski definition) is 5. The molecule has 1 atom stereocenters. The second-order valence-electron chi connectivity index (χ2n) is 9.67. The van der Waals surface area contributed by atoms with E-state index in [2.05, 4.69) is 51.6 Å². The lowest BCUT2D eigenvalue weighted by Gasteiger charge is -2.17. The molecule has 4 N–H and O–H groups in total. The second-order valence-corrected chi connectivity index (χ2v) is 9.67. The van der Waals surface area contributed by atoms with Crippen molar-refractivity contribution in [1.29, 1.82) is 0 Å². The zero-order valence-electron chi connectivity index (χ0n) is 20.0. The van der Waals surface area contributed by atoms with Crippen molar-refractivity contribution in [2.24, 2.45) is 5.41 Å². The molecule has 4 heterocycles. The van der Waals surface area contributed by atoms with Gasteiger partial charge in [0.2, 0.25) is 0 Å². The van der Waals surface area contributed by atoms with Gasteiger partial charge in [-0.2, -0.15) is 0 Å². The van der Waals surface area contributed by atoms with Crippen LogP contribution in [0.15, 0.2) is 36.7 Å². The van der Waals surface area contributed by atoms with Gasteiger partial charge in [0.25, 0.3) is 5.91 Å². The number of benzene rings is 1. The number of fused-ring (bicyclic) bond motifs is 1. The number of carbonyl (C=O) groups is 1. The predicted molar refractivity (Wildman–Crippen MR) is 133 cm³/mol. The third-order valence-corrected chi connectivity index (χ3v) is 6.45. The van der Waals surface area contributed by atoms with Gasteiger partial charge in [0.05, 0.1) is 41.3 Å². The van der Waals surface area contributed by atoms with E-state index in [0.717, 1.165) is 29.8 Å². The first-order valence-corrected chi connectivity index (χ1v) is 11.7. The van der Waals surface area contributed by atoms with Crippen LogP contribution in [0.4, 0.5) is 15.8 Å². The molecule has 1 aromatic carbocycles. The fraction of sp³-hybridized carbons (Fsp3) is 0.333. The third kappa shape index (κ3) is 4.47. The number of amides is 1. The second kappa shape index (κ2) is 9.08. The maximum atomic E-state index is 14.4. The van der Waals surface area contributed by atoms with E-state index in [1.165, 1.54) is 13.2 Å². The standard InChI is InChI=1S/C27H28FN5O2/c1-27(2)13-17(31-15-27)8-7-16-14-29-11-9-18(16)23-24(22-20(32-23)10-12-30-26(22)34)33-21-6-4-5-19(28)25(21)35-3/h4-6,9,11,14,17,31-33H,10,12-13,15H2,1-3H3,(H,30,34)/t17-/m0/s1. The van der Waals surface area contributed by atoms with Crippen LogP contribution in [0.2, 0.25) is 0 Å².